The quantitative estimate of drug-likeness (QED) is 0.718. The van der Waals surface area contributed by atoms with Crippen molar-refractivity contribution >= 4 is 18.4 Å². The lowest BCUT2D eigenvalue weighted by molar-refractivity contribution is -0.149. The number of nitrogens with two attached hydrogens (primary N) is 1. The van der Waals surface area contributed by atoms with Gasteiger partial charge >= 0.3 is 5.97 Å². The molecule has 0 aliphatic rings. The van der Waals surface area contributed by atoms with Gasteiger partial charge in [-0.05, 0) is 26.2 Å². The van der Waals surface area contributed by atoms with Crippen molar-refractivity contribution in [2.75, 3.05) is 0 Å². The number of esters is 1. The summed E-state index contributed by atoms with van der Waals surface area (Å²) in [4.78, 5) is 11.1. The second-order valence-corrected chi connectivity index (χ2v) is 3.72. The molecule has 0 unspecified atom stereocenters. The third-order valence-corrected chi connectivity index (χ3v) is 1.38. The molecule has 4 heteroatoms. The second-order valence-electron chi connectivity index (χ2n) is 3.72. The highest BCUT2D eigenvalue weighted by molar-refractivity contribution is 5.85. The van der Waals surface area contributed by atoms with Gasteiger partial charge in [0.25, 0.3) is 0 Å². The molecule has 13 heavy (non-hydrogen) atoms. The van der Waals surface area contributed by atoms with Gasteiger partial charge in [0.1, 0.15) is 6.04 Å². The van der Waals surface area contributed by atoms with E-state index < -0.39 is 6.04 Å². The largest absolute Gasteiger partial charge is 0.462 e. The van der Waals surface area contributed by atoms with Crippen molar-refractivity contribution in [3.63, 3.8) is 0 Å². The van der Waals surface area contributed by atoms with Crippen molar-refractivity contribution in [1.82, 2.24) is 0 Å². The van der Waals surface area contributed by atoms with Gasteiger partial charge in [0.15, 0.2) is 0 Å². The lowest BCUT2D eigenvalue weighted by Crippen LogP contribution is -2.34. The molecular weight excluding hydrogens is 190 g/mol. The summed E-state index contributed by atoms with van der Waals surface area (Å²) in [6.45, 7) is 7.70. The minimum Gasteiger partial charge on any atom is -0.462 e. The summed E-state index contributed by atoms with van der Waals surface area (Å²) in [6, 6.07) is -0.465. The molecule has 1 atom stereocenters. The average Bonchev–Trinajstić information content (AvgIpc) is 1.84. The SMILES string of the molecule is CC(C)C[C@@H](N)C(=O)OC(C)C.Cl. The number of halogens is 1. The van der Waals surface area contributed by atoms with Crippen LogP contribution in [-0.2, 0) is 9.53 Å². The fraction of sp³-hybridized carbons (Fsp3) is 0.889. The van der Waals surface area contributed by atoms with Crippen LogP contribution >= 0.6 is 12.4 Å². The summed E-state index contributed by atoms with van der Waals surface area (Å²) in [7, 11) is 0. The number of hydrogen-bond donors (Lipinski definition) is 1. The first-order valence-electron chi connectivity index (χ1n) is 4.39. The highest BCUT2D eigenvalue weighted by Gasteiger charge is 2.17. The zero-order valence-electron chi connectivity index (χ0n) is 8.74. The molecule has 0 aromatic carbocycles. The topological polar surface area (TPSA) is 52.3 Å². The minimum absolute atomic E-state index is 0. The van der Waals surface area contributed by atoms with Crippen LogP contribution in [-0.4, -0.2) is 18.1 Å². The lowest BCUT2D eigenvalue weighted by Gasteiger charge is -2.15. The highest BCUT2D eigenvalue weighted by atomic mass is 35.5. The Kier molecular flexibility index (Phi) is 8.37. The zero-order valence-corrected chi connectivity index (χ0v) is 9.56. The van der Waals surface area contributed by atoms with Gasteiger partial charge in [-0.1, -0.05) is 13.8 Å². The monoisotopic (exact) mass is 209 g/mol. The van der Waals surface area contributed by atoms with Gasteiger partial charge in [0.05, 0.1) is 6.10 Å². The Morgan fingerprint density at radius 3 is 2.08 bits per heavy atom. The van der Waals surface area contributed by atoms with Crippen molar-refractivity contribution in [1.29, 1.82) is 0 Å². The van der Waals surface area contributed by atoms with Gasteiger partial charge in [0.2, 0.25) is 0 Å². The van der Waals surface area contributed by atoms with Crippen LogP contribution in [0.1, 0.15) is 34.1 Å². The predicted octanol–water partition coefficient (Wildman–Crippen LogP) is 1.73. The first-order valence-corrected chi connectivity index (χ1v) is 4.39. The Labute approximate surface area is 86.4 Å². The van der Waals surface area contributed by atoms with Gasteiger partial charge in [-0.25, -0.2) is 0 Å². The molecule has 0 bridgehead atoms. The molecule has 0 aromatic rings. The second kappa shape index (κ2) is 7.15. The van der Waals surface area contributed by atoms with E-state index in [0.717, 1.165) is 0 Å². The van der Waals surface area contributed by atoms with Crippen LogP contribution in [0.3, 0.4) is 0 Å². The molecule has 0 rings (SSSR count). The molecule has 0 amide bonds. The summed E-state index contributed by atoms with van der Waals surface area (Å²) < 4.78 is 4.95. The maximum atomic E-state index is 11.1. The summed E-state index contributed by atoms with van der Waals surface area (Å²) >= 11 is 0. The minimum atomic E-state index is -0.465. The van der Waals surface area contributed by atoms with Gasteiger partial charge in [-0.2, -0.15) is 0 Å². The molecule has 0 aromatic heterocycles. The Hall–Kier alpha value is -0.280. The molecule has 0 aliphatic heterocycles. The molecule has 3 nitrogen and oxygen atoms in total. The number of carbonyl (C=O) groups is 1. The van der Waals surface area contributed by atoms with Crippen LogP contribution in [0.25, 0.3) is 0 Å². The molecule has 0 saturated carbocycles. The first-order chi connectivity index (χ1) is 5.43. The van der Waals surface area contributed by atoms with Crippen molar-refractivity contribution < 1.29 is 9.53 Å². The summed E-state index contributed by atoms with van der Waals surface area (Å²) in [5.74, 6) is 0.137. The number of rotatable bonds is 4. The summed E-state index contributed by atoms with van der Waals surface area (Å²) in [5, 5.41) is 0. The Balaban J connectivity index is 0. The lowest BCUT2D eigenvalue weighted by atomic mass is 10.1. The Morgan fingerprint density at radius 1 is 1.31 bits per heavy atom. The molecule has 2 N–H and O–H groups in total. The predicted molar refractivity (Wildman–Crippen MR) is 55.9 cm³/mol. The van der Waals surface area contributed by atoms with Gasteiger partial charge in [0, 0.05) is 0 Å². The molecule has 0 fully saturated rings. The number of ether oxygens (including phenoxy) is 1. The smallest absolute Gasteiger partial charge is 0.323 e. The van der Waals surface area contributed by atoms with Crippen molar-refractivity contribution in [3.05, 3.63) is 0 Å². The third kappa shape index (κ3) is 8.06. The van der Waals surface area contributed by atoms with E-state index in [9.17, 15) is 4.79 Å². The standard InChI is InChI=1S/C9H19NO2.ClH/c1-6(2)5-8(10)9(11)12-7(3)4;/h6-8H,5,10H2,1-4H3;1H/t8-;/m1./s1. The molecular formula is C9H20ClNO2. The van der Waals surface area contributed by atoms with Crippen LogP contribution in [0, 0.1) is 5.92 Å². The zero-order chi connectivity index (χ0) is 9.72. The molecule has 0 radical (unpaired) electrons. The maximum Gasteiger partial charge on any atom is 0.323 e. The molecule has 0 spiro atoms. The van der Waals surface area contributed by atoms with Gasteiger partial charge < -0.3 is 10.5 Å². The average molecular weight is 210 g/mol. The van der Waals surface area contributed by atoms with E-state index in [1.165, 1.54) is 0 Å². The van der Waals surface area contributed by atoms with E-state index in [1.807, 2.05) is 27.7 Å². The van der Waals surface area contributed by atoms with E-state index >= 15 is 0 Å². The maximum absolute atomic E-state index is 11.1. The molecule has 0 aliphatic carbocycles. The van der Waals surface area contributed by atoms with Crippen LogP contribution in [0.15, 0.2) is 0 Å². The number of carbonyl (C=O) groups excluding carboxylic acids is 1. The highest BCUT2D eigenvalue weighted by Crippen LogP contribution is 2.04. The summed E-state index contributed by atoms with van der Waals surface area (Å²) in [6.07, 6.45) is 0.613. The van der Waals surface area contributed by atoms with Crippen LogP contribution in [0.4, 0.5) is 0 Å². The fourth-order valence-corrected chi connectivity index (χ4v) is 0.924. The molecule has 0 saturated heterocycles. The molecule has 0 heterocycles. The van der Waals surface area contributed by atoms with Crippen molar-refractivity contribution in [2.24, 2.45) is 11.7 Å². The van der Waals surface area contributed by atoms with E-state index in [2.05, 4.69) is 0 Å². The third-order valence-electron chi connectivity index (χ3n) is 1.38. The Bertz CT molecular complexity index is 149. The van der Waals surface area contributed by atoms with E-state index in [-0.39, 0.29) is 24.5 Å². The Morgan fingerprint density at radius 2 is 1.77 bits per heavy atom. The van der Waals surface area contributed by atoms with Crippen LogP contribution in [0.5, 0.6) is 0 Å². The van der Waals surface area contributed by atoms with Crippen molar-refractivity contribution in [2.45, 2.75) is 46.3 Å². The van der Waals surface area contributed by atoms with Crippen molar-refractivity contribution in [3.8, 4) is 0 Å². The first kappa shape index (κ1) is 15.2. The van der Waals surface area contributed by atoms with E-state index in [1.54, 1.807) is 0 Å². The normalized spacial score (nSPS) is 12.5. The fourth-order valence-electron chi connectivity index (χ4n) is 0.924. The molecule has 80 valence electrons. The van der Waals surface area contributed by atoms with E-state index in [4.69, 9.17) is 10.5 Å². The van der Waals surface area contributed by atoms with Gasteiger partial charge in [-0.15, -0.1) is 12.4 Å². The van der Waals surface area contributed by atoms with Crippen LogP contribution < -0.4 is 5.73 Å². The number of hydrogen-bond acceptors (Lipinski definition) is 3. The summed E-state index contributed by atoms with van der Waals surface area (Å²) in [5.41, 5.74) is 5.59. The van der Waals surface area contributed by atoms with Crippen LogP contribution in [0.2, 0.25) is 0 Å². The van der Waals surface area contributed by atoms with Gasteiger partial charge in [-0.3, -0.25) is 4.79 Å². The van der Waals surface area contributed by atoms with E-state index in [0.29, 0.717) is 12.3 Å².